The van der Waals surface area contributed by atoms with Crippen molar-refractivity contribution >= 4 is 5.97 Å². The number of carboxylic acid groups (broad SMARTS) is 1. The van der Waals surface area contributed by atoms with Crippen LogP contribution >= 0.6 is 0 Å². The number of aliphatic hydroxyl groups is 3. The fourth-order valence-electron chi connectivity index (χ4n) is 3.46. The zero-order chi connectivity index (χ0) is 24.2. The van der Waals surface area contributed by atoms with Crippen molar-refractivity contribution in [3.8, 4) is 5.75 Å². The Bertz CT molecular complexity index is 910. The number of carboxylic acids is 1. The molecule has 0 bridgehead atoms. The van der Waals surface area contributed by atoms with Crippen LogP contribution < -0.4 is 10.1 Å². The fourth-order valence-corrected chi connectivity index (χ4v) is 3.46. The van der Waals surface area contributed by atoms with E-state index in [9.17, 15) is 33.3 Å². The summed E-state index contributed by atoms with van der Waals surface area (Å²) in [6, 6.07) is 13.2. The predicted octanol–water partition coefficient (Wildman–Crippen LogP) is 1.70. The number of halogens is 3. The van der Waals surface area contributed by atoms with E-state index in [0.29, 0.717) is 0 Å². The Morgan fingerprint density at radius 3 is 2.21 bits per heavy atom. The SMILES string of the molecule is O=C(O)[C@H]1O[C@@H](NCC[C@H](Oc2ccc(C(F)(F)F)cc2)c2ccccc2)[C@H](O)[C@@H](O)[C@@H]1O. The predicted molar refractivity (Wildman–Crippen MR) is 108 cm³/mol. The van der Waals surface area contributed by atoms with Crippen LogP contribution in [0.4, 0.5) is 13.2 Å². The highest BCUT2D eigenvalue weighted by molar-refractivity contribution is 5.73. The summed E-state index contributed by atoms with van der Waals surface area (Å²) in [4.78, 5) is 11.2. The number of nitrogens with one attached hydrogen (secondary N) is 1. The average molecular weight is 471 g/mol. The number of ether oxygens (including phenoxy) is 2. The van der Waals surface area contributed by atoms with Crippen molar-refractivity contribution in [2.75, 3.05) is 6.54 Å². The Morgan fingerprint density at radius 1 is 1.00 bits per heavy atom. The number of benzene rings is 2. The number of aliphatic carboxylic acids is 1. The van der Waals surface area contributed by atoms with Gasteiger partial charge >= 0.3 is 12.1 Å². The van der Waals surface area contributed by atoms with Crippen molar-refractivity contribution in [2.45, 2.75) is 49.3 Å². The van der Waals surface area contributed by atoms with E-state index in [-0.39, 0.29) is 18.7 Å². The second-order valence-corrected chi connectivity index (χ2v) is 7.57. The van der Waals surface area contributed by atoms with Gasteiger partial charge in [-0.1, -0.05) is 30.3 Å². The van der Waals surface area contributed by atoms with E-state index in [2.05, 4.69) is 5.32 Å². The molecule has 0 unspecified atom stereocenters. The molecule has 1 saturated heterocycles. The summed E-state index contributed by atoms with van der Waals surface area (Å²) < 4.78 is 49.5. The molecule has 1 fully saturated rings. The summed E-state index contributed by atoms with van der Waals surface area (Å²) in [7, 11) is 0. The summed E-state index contributed by atoms with van der Waals surface area (Å²) in [5, 5.41) is 41.7. The average Bonchev–Trinajstić information content (AvgIpc) is 2.78. The molecule has 2 aromatic rings. The second-order valence-electron chi connectivity index (χ2n) is 7.57. The molecule has 180 valence electrons. The molecule has 33 heavy (non-hydrogen) atoms. The molecule has 2 aromatic carbocycles. The van der Waals surface area contributed by atoms with Crippen molar-refractivity contribution in [1.29, 1.82) is 0 Å². The van der Waals surface area contributed by atoms with Gasteiger partial charge in [-0.05, 0) is 29.8 Å². The minimum Gasteiger partial charge on any atom is -0.486 e. The molecule has 3 rings (SSSR count). The van der Waals surface area contributed by atoms with E-state index < -0.39 is 54.5 Å². The standard InChI is InChI=1S/C22H24F3NO7/c23-22(24,25)13-6-8-14(9-7-13)32-15(12-4-2-1-3-5-12)10-11-26-20-18(29)16(27)17(28)19(33-20)21(30)31/h1-9,15-20,26-29H,10-11H2,(H,30,31)/t15-,16-,17-,18+,19-,20+/m0/s1. The lowest BCUT2D eigenvalue weighted by atomic mass is 9.98. The van der Waals surface area contributed by atoms with Gasteiger partial charge in [0.2, 0.25) is 0 Å². The van der Waals surface area contributed by atoms with Gasteiger partial charge in [-0.15, -0.1) is 0 Å². The number of aliphatic hydroxyl groups excluding tert-OH is 3. The molecular weight excluding hydrogens is 447 g/mol. The van der Waals surface area contributed by atoms with Crippen LogP contribution in [-0.4, -0.2) is 63.6 Å². The first-order valence-corrected chi connectivity index (χ1v) is 10.1. The van der Waals surface area contributed by atoms with E-state index >= 15 is 0 Å². The van der Waals surface area contributed by atoms with E-state index in [1.807, 2.05) is 0 Å². The summed E-state index contributed by atoms with van der Waals surface area (Å²) in [6.45, 7) is 0.122. The van der Waals surface area contributed by atoms with Gasteiger partial charge in [-0.25, -0.2) is 4.79 Å². The Balaban J connectivity index is 1.67. The Kier molecular flexibility index (Phi) is 7.92. The van der Waals surface area contributed by atoms with Crippen molar-refractivity contribution < 1.29 is 47.9 Å². The quantitative estimate of drug-likeness (QED) is 0.394. The van der Waals surface area contributed by atoms with Crippen LogP contribution in [0.1, 0.15) is 23.7 Å². The van der Waals surface area contributed by atoms with Gasteiger partial charge in [-0.3, -0.25) is 5.32 Å². The smallest absolute Gasteiger partial charge is 0.416 e. The Labute approximate surface area is 187 Å². The maximum atomic E-state index is 12.8. The van der Waals surface area contributed by atoms with Gasteiger partial charge in [0.05, 0.1) is 5.56 Å². The van der Waals surface area contributed by atoms with Crippen LogP contribution in [0.15, 0.2) is 54.6 Å². The maximum Gasteiger partial charge on any atom is 0.416 e. The third kappa shape index (κ3) is 6.21. The van der Waals surface area contributed by atoms with Crippen LogP contribution in [0.5, 0.6) is 5.75 Å². The lowest BCUT2D eigenvalue weighted by molar-refractivity contribution is -0.234. The number of hydrogen-bond acceptors (Lipinski definition) is 7. The van der Waals surface area contributed by atoms with Gasteiger partial charge in [0.1, 0.15) is 36.4 Å². The van der Waals surface area contributed by atoms with Crippen molar-refractivity contribution in [3.05, 3.63) is 65.7 Å². The summed E-state index contributed by atoms with van der Waals surface area (Å²) >= 11 is 0. The van der Waals surface area contributed by atoms with E-state index in [0.717, 1.165) is 17.7 Å². The highest BCUT2D eigenvalue weighted by Crippen LogP contribution is 2.32. The minimum absolute atomic E-state index is 0.122. The normalized spacial score (nSPS) is 26.5. The zero-order valence-corrected chi connectivity index (χ0v) is 17.2. The van der Waals surface area contributed by atoms with Gasteiger partial charge in [-0.2, -0.15) is 13.2 Å². The van der Waals surface area contributed by atoms with E-state index in [4.69, 9.17) is 14.6 Å². The van der Waals surface area contributed by atoms with Gasteiger partial charge < -0.3 is 29.9 Å². The molecule has 0 amide bonds. The van der Waals surface area contributed by atoms with Crippen LogP contribution in [0.3, 0.4) is 0 Å². The summed E-state index contributed by atoms with van der Waals surface area (Å²) in [5.41, 5.74) is -0.0619. The van der Waals surface area contributed by atoms with Crippen molar-refractivity contribution in [2.24, 2.45) is 0 Å². The third-order valence-electron chi connectivity index (χ3n) is 5.24. The molecule has 6 atom stereocenters. The van der Waals surface area contributed by atoms with E-state index in [1.54, 1.807) is 30.3 Å². The van der Waals surface area contributed by atoms with Crippen LogP contribution in [0.2, 0.25) is 0 Å². The monoisotopic (exact) mass is 471 g/mol. The molecule has 0 radical (unpaired) electrons. The Morgan fingerprint density at radius 2 is 1.64 bits per heavy atom. The summed E-state index contributed by atoms with van der Waals surface area (Å²) in [5.74, 6) is -1.27. The number of hydrogen-bond donors (Lipinski definition) is 5. The van der Waals surface area contributed by atoms with Crippen LogP contribution in [0.25, 0.3) is 0 Å². The molecule has 0 aromatic heterocycles. The first-order valence-electron chi connectivity index (χ1n) is 10.1. The van der Waals surface area contributed by atoms with E-state index in [1.165, 1.54) is 12.1 Å². The molecule has 0 saturated carbocycles. The van der Waals surface area contributed by atoms with Gasteiger partial charge in [0, 0.05) is 13.0 Å². The molecule has 1 aliphatic heterocycles. The van der Waals surface area contributed by atoms with Crippen LogP contribution in [0, 0.1) is 0 Å². The molecule has 5 N–H and O–H groups in total. The van der Waals surface area contributed by atoms with Crippen LogP contribution in [-0.2, 0) is 15.7 Å². The number of carbonyl (C=O) groups is 1. The molecule has 0 aliphatic carbocycles. The lowest BCUT2D eigenvalue weighted by Crippen LogP contribution is -2.63. The van der Waals surface area contributed by atoms with Crippen molar-refractivity contribution in [3.63, 3.8) is 0 Å². The number of rotatable bonds is 8. The molecule has 1 heterocycles. The largest absolute Gasteiger partial charge is 0.486 e. The zero-order valence-electron chi connectivity index (χ0n) is 17.2. The molecule has 11 heteroatoms. The highest BCUT2D eigenvalue weighted by atomic mass is 19.4. The maximum absolute atomic E-state index is 12.8. The lowest BCUT2D eigenvalue weighted by Gasteiger charge is -2.39. The molecular formula is C22H24F3NO7. The topological polar surface area (TPSA) is 128 Å². The second kappa shape index (κ2) is 10.5. The number of alkyl halides is 3. The highest BCUT2D eigenvalue weighted by Gasteiger charge is 2.46. The first kappa shape index (κ1) is 24.9. The summed E-state index contributed by atoms with van der Waals surface area (Å²) in [6.07, 6.45) is -12.9. The van der Waals surface area contributed by atoms with Crippen molar-refractivity contribution in [1.82, 2.24) is 5.32 Å². The molecule has 1 aliphatic rings. The molecule has 8 nitrogen and oxygen atoms in total. The minimum atomic E-state index is -4.46. The van der Waals surface area contributed by atoms with Gasteiger partial charge in [0.15, 0.2) is 6.10 Å². The first-order chi connectivity index (χ1) is 15.6. The van der Waals surface area contributed by atoms with Gasteiger partial charge in [0.25, 0.3) is 0 Å². The fraction of sp³-hybridized carbons (Fsp3) is 0.409. The molecule has 0 spiro atoms. The third-order valence-corrected chi connectivity index (χ3v) is 5.24. The Hall–Kier alpha value is -2.70.